The zero-order valence-corrected chi connectivity index (χ0v) is 10.8. The first-order valence-corrected chi connectivity index (χ1v) is 6.70. The van der Waals surface area contributed by atoms with Crippen molar-refractivity contribution >= 4 is 0 Å². The van der Waals surface area contributed by atoms with E-state index in [0.29, 0.717) is 17.8 Å². The lowest BCUT2D eigenvalue weighted by atomic mass is 9.86. The fourth-order valence-electron chi connectivity index (χ4n) is 2.83. The Kier molecular flexibility index (Phi) is 4.06. The molecule has 17 heavy (non-hydrogen) atoms. The van der Waals surface area contributed by atoms with Crippen molar-refractivity contribution in [2.24, 2.45) is 5.92 Å². The van der Waals surface area contributed by atoms with Crippen molar-refractivity contribution in [2.75, 3.05) is 0 Å². The van der Waals surface area contributed by atoms with Gasteiger partial charge in [0.25, 0.3) is 0 Å². The number of phenols is 1. The van der Waals surface area contributed by atoms with Crippen LogP contribution in [0.3, 0.4) is 0 Å². The van der Waals surface area contributed by atoms with E-state index in [4.69, 9.17) is 0 Å². The molecule has 1 aromatic rings. The average Bonchev–Trinajstić information content (AvgIpc) is 2.29. The third-order valence-electron chi connectivity index (χ3n) is 3.79. The van der Waals surface area contributed by atoms with Gasteiger partial charge in [-0.25, -0.2) is 0 Å². The van der Waals surface area contributed by atoms with E-state index in [1.807, 2.05) is 12.1 Å². The fraction of sp³-hybridized carbons (Fsp3) is 0.600. The van der Waals surface area contributed by atoms with Crippen molar-refractivity contribution in [1.82, 2.24) is 5.32 Å². The van der Waals surface area contributed by atoms with Crippen LogP contribution in [0.4, 0.5) is 0 Å². The van der Waals surface area contributed by atoms with Crippen molar-refractivity contribution in [2.45, 2.75) is 51.6 Å². The maximum atomic E-state index is 9.48. The monoisotopic (exact) mass is 233 g/mol. The zero-order valence-electron chi connectivity index (χ0n) is 10.8. The van der Waals surface area contributed by atoms with Crippen molar-refractivity contribution < 1.29 is 5.11 Å². The molecule has 1 aliphatic carbocycles. The van der Waals surface area contributed by atoms with Crippen LogP contribution in [0.5, 0.6) is 5.75 Å². The van der Waals surface area contributed by atoms with Gasteiger partial charge in [-0.3, -0.25) is 0 Å². The van der Waals surface area contributed by atoms with Crippen LogP contribution in [-0.4, -0.2) is 11.1 Å². The van der Waals surface area contributed by atoms with E-state index < -0.39 is 0 Å². The van der Waals surface area contributed by atoms with Crippen LogP contribution in [0.25, 0.3) is 0 Å². The molecule has 0 spiro atoms. The molecule has 0 aromatic heterocycles. The Morgan fingerprint density at radius 3 is 2.88 bits per heavy atom. The Labute approximate surface area is 104 Å². The first kappa shape index (κ1) is 12.4. The average molecular weight is 233 g/mol. The first-order chi connectivity index (χ1) is 8.15. The van der Waals surface area contributed by atoms with Crippen molar-refractivity contribution in [3.63, 3.8) is 0 Å². The number of hydrogen-bond acceptors (Lipinski definition) is 2. The Morgan fingerprint density at radius 2 is 2.18 bits per heavy atom. The summed E-state index contributed by atoms with van der Waals surface area (Å²) < 4.78 is 0. The lowest BCUT2D eigenvalue weighted by Gasteiger charge is -2.30. The van der Waals surface area contributed by atoms with Crippen molar-refractivity contribution in [3.05, 3.63) is 29.8 Å². The summed E-state index contributed by atoms with van der Waals surface area (Å²) >= 11 is 0. The summed E-state index contributed by atoms with van der Waals surface area (Å²) in [5.41, 5.74) is 1.17. The van der Waals surface area contributed by atoms with Gasteiger partial charge in [0.2, 0.25) is 0 Å². The van der Waals surface area contributed by atoms with Crippen molar-refractivity contribution in [1.29, 1.82) is 0 Å². The number of rotatable bonds is 3. The molecule has 0 radical (unpaired) electrons. The molecule has 2 rings (SSSR count). The standard InChI is InChI=1S/C15H23NO/c1-11-5-3-7-14(9-11)16-12(2)13-6-4-8-15(17)10-13/h4,6,8,10-12,14,16-17H,3,5,7,9H2,1-2H3. The van der Waals surface area contributed by atoms with E-state index in [1.165, 1.54) is 31.2 Å². The van der Waals surface area contributed by atoms with E-state index in [2.05, 4.69) is 25.2 Å². The Balaban J connectivity index is 1.94. The minimum Gasteiger partial charge on any atom is -0.508 e. The van der Waals surface area contributed by atoms with Crippen LogP contribution in [0.2, 0.25) is 0 Å². The molecule has 94 valence electrons. The van der Waals surface area contributed by atoms with Crippen LogP contribution < -0.4 is 5.32 Å². The molecular formula is C15H23NO. The second-order valence-electron chi connectivity index (χ2n) is 5.45. The van der Waals surface area contributed by atoms with E-state index in [9.17, 15) is 5.11 Å². The molecule has 0 saturated heterocycles. The van der Waals surface area contributed by atoms with Gasteiger partial charge in [0.05, 0.1) is 0 Å². The summed E-state index contributed by atoms with van der Waals surface area (Å²) in [5.74, 6) is 1.20. The molecular weight excluding hydrogens is 210 g/mol. The van der Waals surface area contributed by atoms with Crippen molar-refractivity contribution in [3.8, 4) is 5.75 Å². The predicted octanol–water partition coefficient (Wildman–Crippen LogP) is 3.62. The smallest absolute Gasteiger partial charge is 0.115 e. The molecule has 1 fully saturated rings. The molecule has 0 heterocycles. The van der Waals surface area contributed by atoms with Gasteiger partial charge in [-0.1, -0.05) is 31.9 Å². The number of nitrogens with one attached hydrogen (secondary N) is 1. The Morgan fingerprint density at radius 1 is 1.35 bits per heavy atom. The third-order valence-corrected chi connectivity index (χ3v) is 3.79. The molecule has 0 bridgehead atoms. The highest BCUT2D eigenvalue weighted by atomic mass is 16.3. The quantitative estimate of drug-likeness (QED) is 0.835. The summed E-state index contributed by atoms with van der Waals surface area (Å²) in [6.07, 6.45) is 5.28. The second kappa shape index (κ2) is 5.54. The minimum atomic E-state index is 0.317. The van der Waals surface area contributed by atoms with Gasteiger partial charge in [-0.2, -0.15) is 0 Å². The predicted molar refractivity (Wildman–Crippen MR) is 71.1 cm³/mol. The van der Waals surface area contributed by atoms with E-state index >= 15 is 0 Å². The van der Waals surface area contributed by atoms with Gasteiger partial charge < -0.3 is 10.4 Å². The Hall–Kier alpha value is -1.02. The second-order valence-corrected chi connectivity index (χ2v) is 5.45. The summed E-state index contributed by atoms with van der Waals surface area (Å²) in [5, 5.41) is 13.2. The van der Waals surface area contributed by atoms with E-state index in [0.717, 1.165) is 5.92 Å². The Bertz CT molecular complexity index is 364. The molecule has 0 aliphatic heterocycles. The summed E-state index contributed by atoms with van der Waals surface area (Å²) in [4.78, 5) is 0. The number of aromatic hydroxyl groups is 1. The van der Waals surface area contributed by atoms with E-state index in [1.54, 1.807) is 6.07 Å². The fourth-order valence-corrected chi connectivity index (χ4v) is 2.83. The molecule has 3 unspecified atom stereocenters. The summed E-state index contributed by atoms with van der Waals surface area (Å²) in [6, 6.07) is 8.51. The van der Waals surface area contributed by atoms with Crippen LogP contribution in [0.1, 0.15) is 51.1 Å². The van der Waals surface area contributed by atoms with Gasteiger partial charge in [0.15, 0.2) is 0 Å². The minimum absolute atomic E-state index is 0.317. The molecule has 2 N–H and O–H groups in total. The van der Waals surface area contributed by atoms with Crippen LogP contribution in [0, 0.1) is 5.92 Å². The normalized spacial score (nSPS) is 26.7. The molecule has 2 heteroatoms. The van der Waals surface area contributed by atoms with Crippen LogP contribution in [0.15, 0.2) is 24.3 Å². The number of benzene rings is 1. The summed E-state index contributed by atoms with van der Waals surface area (Å²) in [7, 11) is 0. The zero-order chi connectivity index (χ0) is 12.3. The van der Waals surface area contributed by atoms with Gasteiger partial charge in [-0.05, 0) is 43.4 Å². The number of phenolic OH excluding ortho intramolecular Hbond substituents is 1. The van der Waals surface area contributed by atoms with Gasteiger partial charge in [0, 0.05) is 12.1 Å². The highest BCUT2D eigenvalue weighted by Gasteiger charge is 2.20. The summed E-state index contributed by atoms with van der Waals surface area (Å²) in [6.45, 7) is 4.51. The first-order valence-electron chi connectivity index (χ1n) is 6.70. The maximum Gasteiger partial charge on any atom is 0.115 e. The van der Waals surface area contributed by atoms with Gasteiger partial charge >= 0.3 is 0 Å². The maximum absolute atomic E-state index is 9.48. The van der Waals surface area contributed by atoms with Gasteiger partial charge in [0.1, 0.15) is 5.75 Å². The van der Waals surface area contributed by atoms with Gasteiger partial charge in [-0.15, -0.1) is 0 Å². The topological polar surface area (TPSA) is 32.3 Å². The molecule has 1 saturated carbocycles. The molecule has 2 nitrogen and oxygen atoms in total. The third kappa shape index (κ3) is 3.47. The molecule has 1 aliphatic rings. The largest absolute Gasteiger partial charge is 0.508 e. The molecule has 0 amide bonds. The highest BCUT2D eigenvalue weighted by molar-refractivity contribution is 5.29. The van der Waals surface area contributed by atoms with Crippen LogP contribution >= 0.6 is 0 Å². The molecule has 3 atom stereocenters. The van der Waals surface area contributed by atoms with Crippen LogP contribution in [-0.2, 0) is 0 Å². The molecule has 1 aromatic carbocycles. The lowest BCUT2D eigenvalue weighted by Crippen LogP contribution is -2.35. The highest BCUT2D eigenvalue weighted by Crippen LogP contribution is 2.26. The SMILES string of the molecule is CC1CCCC(NC(C)c2cccc(O)c2)C1. The van der Waals surface area contributed by atoms with E-state index in [-0.39, 0.29) is 0 Å². The number of hydrogen-bond donors (Lipinski definition) is 2. The lowest BCUT2D eigenvalue weighted by molar-refractivity contribution is 0.285.